The Balaban J connectivity index is 2.63. The summed E-state index contributed by atoms with van der Waals surface area (Å²) < 4.78 is 3.70. The number of aromatic nitrogens is 4. The van der Waals surface area contributed by atoms with Crippen LogP contribution in [0.5, 0.6) is 0 Å². The van der Waals surface area contributed by atoms with Gasteiger partial charge in [-0.2, -0.15) is 5.10 Å². The highest BCUT2D eigenvalue weighted by Crippen LogP contribution is 2.19. The quantitative estimate of drug-likeness (QED) is 0.773. The van der Waals surface area contributed by atoms with Crippen LogP contribution >= 0.6 is 11.6 Å². The van der Waals surface area contributed by atoms with Gasteiger partial charge < -0.3 is 0 Å². The average molecular weight is 311 g/mol. The average Bonchev–Trinajstić information content (AvgIpc) is 2.65. The number of hydrogen-bond acceptors (Lipinski definition) is 4. The molecular weight excluding hydrogens is 296 g/mol. The molecule has 0 saturated heterocycles. The lowest BCUT2D eigenvalue weighted by Crippen LogP contribution is -2.40. The number of halogens is 1. The fraction of sp³-hybridized carbons (Fsp3) is 0.385. The van der Waals surface area contributed by atoms with Crippen molar-refractivity contribution in [1.29, 1.82) is 0 Å². The van der Waals surface area contributed by atoms with Crippen LogP contribution in [0.1, 0.15) is 28.5 Å². The molecule has 8 heteroatoms. The van der Waals surface area contributed by atoms with E-state index in [1.54, 1.807) is 14.0 Å². The monoisotopic (exact) mass is 310 g/mol. The van der Waals surface area contributed by atoms with Gasteiger partial charge in [0.2, 0.25) is 0 Å². The first-order chi connectivity index (χ1) is 9.73. The van der Waals surface area contributed by atoms with Crippen molar-refractivity contribution in [2.24, 2.45) is 14.1 Å². The van der Waals surface area contributed by atoms with Gasteiger partial charge in [-0.05, 0) is 13.8 Å². The number of rotatable bonds is 3. The Hall–Kier alpha value is -2.15. The number of carbonyl (C=O) groups is 1. The Morgan fingerprint density at radius 1 is 1.33 bits per heavy atom. The minimum Gasteiger partial charge on any atom is -0.295 e. The van der Waals surface area contributed by atoms with E-state index in [9.17, 15) is 14.4 Å². The smallest absolute Gasteiger partial charge is 0.295 e. The summed E-state index contributed by atoms with van der Waals surface area (Å²) in [5.41, 5.74) is 0.221. The van der Waals surface area contributed by atoms with Gasteiger partial charge in [0.15, 0.2) is 5.78 Å². The molecule has 0 atom stereocenters. The Kier molecular flexibility index (Phi) is 3.87. The number of hydrogen-bond donors (Lipinski definition) is 0. The van der Waals surface area contributed by atoms with Gasteiger partial charge in [-0.25, -0.2) is 4.79 Å². The Bertz CT molecular complexity index is 844. The molecule has 2 aromatic rings. The van der Waals surface area contributed by atoms with Crippen LogP contribution in [0.3, 0.4) is 0 Å². The highest BCUT2D eigenvalue weighted by atomic mass is 35.5. The van der Waals surface area contributed by atoms with Gasteiger partial charge in [0, 0.05) is 25.9 Å². The maximum absolute atomic E-state index is 12.1. The molecular formula is C13H15ClN4O3. The lowest BCUT2D eigenvalue weighted by atomic mass is 10.2. The molecule has 0 N–H and O–H groups in total. The van der Waals surface area contributed by atoms with E-state index in [0.29, 0.717) is 16.4 Å². The largest absolute Gasteiger partial charge is 0.331 e. The van der Waals surface area contributed by atoms with Crippen molar-refractivity contribution >= 4 is 17.4 Å². The first-order valence-electron chi connectivity index (χ1n) is 6.23. The van der Waals surface area contributed by atoms with Gasteiger partial charge >= 0.3 is 5.69 Å². The molecule has 0 spiro atoms. The fourth-order valence-corrected chi connectivity index (χ4v) is 2.34. The molecule has 112 valence electrons. The second-order valence-corrected chi connectivity index (χ2v) is 5.21. The van der Waals surface area contributed by atoms with Crippen molar-refractivity contribution < 1.29 is 4.79 Å². The molecule has 0 fully saturated rings. The van der Waals surface area contributed by atoms with E-state index in [2.05, 4.69) is 5.10 Å². The van der Waals surface area contributed by atoms with Crippen molar-refractivity contribution in [2.75, 3.05) is 0 Å². The first-order valence-corrected chi connectivity index (χ1v) is 6.61. The molecule has 0 bridgehead atoms. The van der Waals surface area contributed by atoms with Crippen molar-refractivity contribution in [1.82, 2.24) is 18.9 Å². The van der Waals surface area contributed by atoms with Crippen LogP contribution in [0.4, 0.5) is 0 Å². The van der Waals surface area contributed by atoms with Gasteiger partial charge in [0.1, 0.15) is 5.15 Å². The van der Waals surface area contributed by atoms with E-state index in [4.69, 9.17) is 11.6 Å². The highest BCUT2D eigenvalue weighted by molar-refractivity contribution is 6.30. The predicted octanol–water partition coefficient (Wildman–Crippen LogP) is 0.493. The molecule has 2 rings (SSSR count). The Morgan fingerprint density at radius 2 is 1.95 bits per heavy atom. The summed E-state index contributed by atoms with van der Waals surface area (Å²) in [6, 6.07) is 0. The summed E-state index contributed by atoms with van der Waals surface area (Å²) in [5.74, 6) is -0.390. The lowest BCUT2D eigenvalue weighted by molar-refractivity contribution is 0.101. The lowest BCUT2D eigenvalue weighted by Gasteiger charge is -2.09. The molecule has 0 saturated carbocycles. The third-order valence-electron chi connectivity index (χ3n) is 3.33. The SMILES string of the molecule is CC(=O)c1cn(Cc2c(C)nn(C)c2Cl)c(=O)n(C)c1=O. The van der Waals surface area contributed by atoms with E-state index in [1.807, 2.05) is 0 Å². The molecule has 0 unspecified atom stereocenters. The van der Waals surface area contributed by atoms with E-state index in [0.717, 1.165) is 4.57 Å². The van der Waals surface area contributed by atoms with Gasteiger partial charge in [-0.3, -0.25) is 23.4 Å². The van der Waals surface area contributed by atoms with Crippen molar-refractivity contribution in [3.05, 3.63) is 49.0 Å². The molecule has 0 aliphatic rings. The second-order valence-electron chi connectivity index (χ2n) is 4.85. The van der Waals surface area contributed by atoms with Gasteiger partial charge in [-0.1, -0.05) is 11.6 Å². The Morgan fingerprint density at radius 3 is 2.43 bits per heavy atom. The van der Waals surface area contributed by atoms with Crippen molar-refractivity contribution in [3.63, 3.8) is 0 Å². The summed E-state index contributed by atoms with van der Waals surface area (Å²) in [5, 5.41) is 4.58. The van der Waals surface area contributed by atoms with Gasteiger partial charge in [0.05, 0.1) is 17.8 Å². The third kappa shape index (κ3) is 2.56. The summed E-state index contributed by atoms with van der Waals surface area (Å²) in [4.78, 5) is 35.5. The van der Waals surface area contributed by atoms with Crippen molar-refractivity contribution in [2.45, 2.75) is 20.4 Å². The zero-order chi connectivity index (χ0) is 15.9. The molecule has 2 heterocycles. The van der Waals surface area contributed by atoms with Crippen LogP contribution in [0.2, 0.25) is 5.15 Å². The normalized spacial score (nSPS) is 10.9. The third-order valence-corrected chi connectivity index (χ3v) is 3.80. The molecule has 0 amide bonds. The molecule has 0 aromatic carbocycles. The van der Waals surface area contributed by atoms with E-state index in [-0.39, 0.29) is 12.1 Å². The number of carbonyl (C=O) groups excluding carboxylic acids is 1. The van der Waals surface area contributed by atoms with Crippen LogP contribution in [-0.4, -0.2) is 24.7 Å². The zero-order valence-electron chi connectivity index (χ0n) is 12.2. The number of aryl methyl sites for hydroxylation is 2. The maximum atomic E-state index is 12.1. The Labute approximate surface area is 125 Å². The van der Waals surface area contributed by atoms with Crippen LogP contribution in [0, 0.1) is 6.92 Å². The summed E-state index contributed by atoms with van der Waals surface area (Å²) >= 11 is 6.14. The van der Waals surface area contributed by atoms with E-state index >= 15 is 0 Å². The molecule has 7 nitrogen and oxygen atoms in total. The van der Waals surface area contributed by atoms with Crippen LogP contribution in [0.15, 0.2) is 15.8 Å². The molecule has 0 aliphatic carbocycles. The number of ketones is 1. The fourth-order valence-electron chi connectivity index (χ4n) is 2.11. The number of Topliss-reactive ketones (excluding diaryl/α,β-unsaturated/α-hetero) is 1. The van der Waals surface area contributed by atoms with E-state index in [1.165, 1.54) is 29.4 Å². The predicted molar refractivity (Wildman–Crippen MR) is 78.0 cm³/mol. The van der Waals surface area contributed by atoms with Gasteiger partial charge in [0.25, 0.3) is 5.56 Å². The molecule has 0 aliphatic heterocycles. The maximum Gasteiger partial charge on any atom is 0.331 e. The second kappa shape index (κ2) is 5.33. The topological polar surface area (TPSA) is 78.9 Å². The standard InChI is InChI=1S/C13H15ClN4O3/c1-7-9(11(14)17(4)15-7)5-18-6-10(8(2)19)12(20)16(3)13(18)21/h6H,5H2,1-4H3. The number of nitrogens with zero attached hydrogens (tertiary/aromatic N) is 4. The molecule has 0 radical (unpaired) electrons. The van der Waals surface area contributed by atoms with E-state index < -0.39 is 17.0 Å². The molecule has 2 aromatic heterocycles. The zero-order valence-corrected chi connectivity index (χ0v) is 12.9. The summed E-state index contributed by atoms with van der Waals surface area (Å²) in [7, 11) is 3.04. The highest BCUT2D eigenvalue weighted by Gasteiger charge is 2.16. The van der Waals surface area contributed by atoms with Crippen LogP contribution in [0.25, 0.3) is 0 Å². The van der Waals surface area contributed by atoms with Crippen LogP contribution in [-0.2, 0) is 20.6 Å². The molecule has 21 heavy (non-hydrogen) atoms. The minimum atomic E-state index is -0.599. The summed E-state index contributed by atoms with van der Waals surface area (Å²) in [6.07, 6.45) is 1.27. The van der Waals surface area contributed by atoms with Gasteiger partial charge in [-0.15, -0.1) is 0 Å². The first kappa shape index (κ1) is 15.2. The summed E-state index contributed by atoms with van der Waals surface area (Å²) in [6.45, 7) is 3.21. The van der Waals surface area contributed by atoms with Crippen LogP contribution < -0.4 is 11.2 Å². The minimum absolute atomic E-state index is 0.0326. The van der Waals surface area contributed by atoms with Crippen molar-refractivity contribution in [3.8, 4) is 0 Å².